The minimum absolute atomic E-state index is 0.219. The average Bonchev–Trinajstić information content (AvgIpc) is 2.72. The zero-order valence-electron chi connectivity index (χ0n) is 11.4. The number of aryl methyl sites for hydroxylation is 1. The summed E-state index contributed by atoms with van der Waals surface area (Å²) in [7, 11) is 0. The van der Waals surface area contributed by atoms with Crippen LogP contribution < -0.4 is 0 Å². The number of hydrogen-bond donors (Lipinski definition) is 0. The number of aromatic nitrogens is 3. The fourth-order valence-corrected chi connectivity index (χ4v) is 2.53. The number of rotatable bonds is 3. The van der Waals surface area contributed by atoms with Crippen LogP contribution >= 0.6 is 11.6 Å². The largest absolute Gasteiger partial charge is 0.461 e. The molecule has 2 heterocycles. The molecular formula is C13H16ClN3O2. The second-order valence-corrected chi connectivity index (χ2v) is 4.93. The van der Waals surface area contributed by atoms with E-state index in [-0.39, 0.29) is 11.6 Å². The molecule has 0 aliphatic heterocycles. The molecule has 19 heavy (non-hydrogen) atoms. The van der Waals surface area contributed by atoms with Gasteiger partial charge in [0.05, 0.1) is 6.61 Å². The van der Waals surface area contributed by atoms with Gasteiger partial charge in [0, 0.05) is 17.3 Å². The van der Waals surface area contributed by atoms with Crippen molar-refractivity contribution in [3.8, 4) is 0 Å². The third kappa shape index (κ3) is 2.42. The highest BCUT2D eigenvalue weighted by atomic mass is 35.5. The Labute approximate surface area is 116 Å². The first kappa shape index (κ1) is 13.8. The molecule has 0 aromatic carbocycles. The maximum atomic E-state index is 11.7. The number of carbonyl (C=O) groups excluding carboxylic acids is 1. The van der Waals surface area contributed by atoms with Crippen molar-refractivity contribution in [2.24, 2.45) is 0 Å². The van der Waals surface area contributed by atoms with E-state index in [0.717, 1.165) is 11.3 Å². The van der Waals surface area contributed by atoms with Crippen molar-refractivity contribution in [1.82, 2.24) is 14.6 Å². The molecular weight excluding hydrogens is 266 g/mol. The molecule has 0 amide bonds. The van der Waals surface area contributed by atoms with E-state index >= 15 is 0 Å². The van der Waals surface area contributed by atoms with Gasteiger partial charge in [-0.2, -0.15) is 5.10 Å². The topological polar surface area (TPSA) is 56.5 Å². The zero-order chi connectivity index (χ0) is 14.2. The van der Waals surface area contributed by atoms with Gasteiger partial charge in [-0.05, 0) is 19.8 Å². The summed E-state index contributed by atoms with van der Waals surface area (Å²) < 4.78 is 6.40. The number of carbonyl (C=O) groups is 1. The Morgan fingerprint density at radius 3 is 2.79 bits per heavy atom. The van der Waals surface area contributed by atoms with Crippen LogP contribution in [0.15, 0.2) is 6.07 Å². The highest BCUT2D eigenvalue weighted by Gasteiger charge is 2.18. The highest BCUT2D eigenvalue weighted by Crippen LogP contribution is 2.27. The Morgan fingerprint density at radius 2 is 2.21 bits per heavy atom. The van der Waals surface area contributed by atoms with Crippen molar-refractivity contribution in [2.45, 2.75) is 33.6 Å². The molecule has 6 heteroatoms. The third-order valence-electron chi connectivity index (χ3n) is 2.83. The molecule has 0 fully saturated rings. The smallest absolute Gasteiger partial charge is 0.358 e. The summed E-state index contributed by atoms with van der Waals surface area (Å²) in [6.07, 6.45) is 0. The summed E-state index contributed by atoms with van der Waals surface area (Å²) in [6.45, 7) is 8.04. The first-order valence-corrected chi connectivity index (χ1v) is 6.56. The summed E-state index contributed by atoms with van der Waals surface area (Å²) >= 11 is 6.35. The van der Waals surface area contributed by atoms with Crippen LogP contribution in [0.3, 0.4) is 0 Å². The van der Waals surface area contributed by atoms with Gasteiger partial charge in [-0.1, -0.05) is 25.4 Å². The molecule has 0 atom stereocenters. The van der Waals surface area contributed by atoms with E-state index in [9.17, 15) is 4.79 Å². The molecule has 2 aromatic rings. The quantitative estimate of drug-likeness (QED) is 0.641. The molecule has 0 saturated carbocycles. The maximum Gasteiger partial charge on any atom is 0.358 e. The fraction of sp³-hybridized carbons (Fsp3) is 0.462. The van der Waals surface area contributed by atoms with Crippen molar-refractivity contribution >= 4 is 23.2 Å². The first-order valence-electron chi connectivity index (χ1n) is 6.18. The van der Waals surface area contributed by atoms with E-state index in [0.29, 0.717) is 17.4 Å². The molecule has 0 bridgehead atoms. The summed E-state index contributed by atoms with van der Waals surface area (Å²) in [5.41, 5.74) is 2.56. The Balaban J connectivity index is 2.60. The maximum absolute atomic E-state index is 11.7. The Hall–Kier alpha value is -1.62. The lowest BCUT2D eigenvalue weighted by Crippen LogP contribution is -2.06. The first-order chi connectivity index (χ1) is 8.95. The molecule has 102 valence electrons. The minimum Gasteiger partial charge on any atom is -0.461 e. The van der Waals surface area contributed by atoms with Crippen LogP contribution in [0.2, 0.25) is 5.15 Å². The summed E-state index contributed by atoms with van der Waals surface area (Å²) in [5.74, 6) is -0.229. The van der Waals surface area contributed by atoms with Crippen molar-refractivity contribution in [2.75, 3.05) is 6.61 Å². The Bertz CT molecular complexity index is 634. The second-order valence-electron chi connectivity index (χ2n) is 4.58. The van der Waals surface area contributed by atoms with Gasteiger partial charge in [-0.25, -0.2) is 14.3 Å². The Morgan fingerprint density at radius 1 is 1.53 bits per heavy atom. The molecule has 0 N–H and O–H groups in total. The van der Waals surface area contributed by atoms with E-state index in [1.54, 1.807) is 13.0 Å². The number of nitrogens with zero attached hydrogens (tertiary/aromatic N) is 3. The van der Waals surface area contributed by atoms with Crippen molar-refractivity contribution in [3.05, 3.63) is 28.2 Å². The summed E-state index contributed by atoms with van der Waals surface area (Å²) in [5, 5.41) is 4.66. The van der Waals surface area contributed by atoms with Crippen LogP contribution in [0.5, 0.6) is 0 Å². The molecule has 0 spiro atoms. The lowest BCUT2D eigenvalue weighted by molar-refractivity contribution is 0.0519. The zero-order valence-corrected chi connectivity index (χ0v) is 12.2. The predicted octanol–water partition coefficient (Wildman–Crippen LogP) is 2.99. The third-order valence-corrected chi connectivity index (χ3v) is 3.20. The van der Waals surface area contributed by atoms with Crippen LogP contribution in [0.4, 0.5) is 0 Å². The van der Waals surface area contributed by atoms with E-state index in [4.69, 9.17) is 16.3 Å². The molecule has 0 aliphatic rings. The molecule has 2 aromatic heterocycles. The SMILES string of the molecule is CCOC(=O)c1cc2nc(C)c(C(C)C)c(Cl)n2n1. The van der Waals surface area contributed by atoms with Crippen molar-refractivity contribution in [1.29, 1.82) is 0 Å². The van der Waals surface area contributed by atoms with Gasteiger partial charge in [0.2, 0.25) is 0 Å². The van der Waals surface area contributed by atoms with Gasteiger partial charge < -0.3 is 4.74 Å². The number of hydrogen-bond acceptors (Lipinski definition) is 4. The highest BCUT2D eigenvalue weighted by molar-refractivity contribution is 6.30. The van der Waals surface area contributed by atoms with Gasteiger partial charge in [-0.3, -0.25) is 0 Å². The van der Waals surface area contributed by atoms with Crippen LogP contribution in [0.1, 0.15) is 48.4 Å². The van der Waals surface area contributed by atoms with Crippen LogP contribution in [0, 0.1) is 6.92 Å². The van der Waals surface area contributed by atoms with Gasteiger partial charge in [0.15, 0.2) is 11.3 Å². The number of ether oxygens (including phenoxy) is 1. The molecule has 0 aliphatic carbocycles. The minimum atomic E-state index is -0.465. The summed E-state index contributed by atoms with van der Waals surface area (Å²) in [4.78, 5) is 16.1. The van der Waals surface area contributed by atoms with Crippen LogP contribution in [0.25, 0.3) is 5.65 Å². The predicted molar refractivity (Wildman–Crippen MR) is 72.8 cm³/mol. The van der Waals surface area contributed by atoms with Crippen LogP contribution in [-0.2, 0) is 4.74 Å². The summed E-state index contributed by atoms with van der Waals surface area (Å²) in [6, 6.07) is 1.58. The Kier molecular flexibility index (Phi) is 3.75. The van der Waals surface area contributed by atoms with Gasteiger partial charge in [-0.15, -0.1) is 0 Å². The molecule has 0 radical (unpaired) electrons. The van der Waals surface area contributed by atoms with Crippen LogP contribution in [-0.4, -0.2) is 27.2 Å². The van der Waals surface area contributed by atoms with Crippen molar-refractivity contribution < 1.29 is 9.53 Å². The monoisotopic (exact) mass is 281 g/mol. The standard InChI is InChI=1S/C13H16ClN3O2/c1-5-19-13(18)9-6-10-15-8(4)11(7(2)3)12(14)17(10)16-9/h6-7H,5H2,1-4H3. The average molecular weight is 282 g/mol. The van der Waals surface area contributed by atoms with E-state index in [2.05, 4.69) is 10.1 Å². The van der Waals surface area contributed by atoms with Gasteiger partial charge in [0.25, 0.3) is 0 Å². The number of halogens is 1. The molecule has 0 saturated heterocycles. The normalized spacial score (nSPS) is 11.3. The lowest BCUT2D eigenvalue weighted by Gasteiger charge is -2.11. The van der Waals surface area contributed by atoms with E-state index < -0.39 is 5.97 Å². The fourth-order valence-electron chi connectivity index (χ4n) is 2.05. The van der Waals surface area contributed by atoms with E-state index in [1.165, 1.54) is 4.52 Å². The molecule has 5 nitrogen and oxygen atoms in total. The number of esters is 1. The van der Waals surface area contributed by atoms with Gasteiger partial charge >= 0.3 is 5.97 Å². The van der Waals surface area contributed by atoms with Crippen molar-refractivity contribution in [3.63, 3.8) is 0 Å². The van der Waals surface area contributed by atoms with Gasteiger partial charge in [0.1, 0.15) is 5.15 Å². The van der Waals surface area contributed by atoms with E-state index in [1.807, 2.05) is 20.8 Å². The molecule has 0 unspecified atom stereocenters. The lowest BCUT2D eigenvalue weighted by atomic mass is 10.0. The second kappa shape index (κ2) is 5.17. The number of fused-ring (bicyclic) bond motifs is 1. The molecule has 2 rings (SSSR count).